The van der Waals surface area contributed by atoms with Gasteiger partial charge in [0, 0.05) is 6.54 Å². The number of rotatable bonds is 4. The molecule has 2 amide bonds. The third-order valence-electron chi connectivity index (χ3n) is 3.96. The smallest absolute Gasteiger partial charge is 0.233 e. The van der Waals surface area contributed by atoms with Crippen LogP contribution in [0.1, 0.15) is 32.6 Å². The van der Waals surface area contributed by atoms with Crippen LogP contribution in [0.3, 0.4) is 0 Å². The number of fused-ring (bicyclic) bond motifs is 1. The Bertz CT molecular complexity index is 279. The Labute approximate surface area is 102 Å². The summed E-state index contributed by atoms with van der Waals surface area (Å²) >= 11 is 4.26. The number of imide groups is 1. The minimum Gasteiger partial charge on any atom is -0.282 e. The number of hydrogen-bond acceptors (Lipinski definition) is 3. The quantitative estimate of drug-likeness (QED) is 0.601. The van der Waals surface area contributed by atoms with Gasteiger partial charge in [0.1, 0.15) is 0 Å². The fourth-order valence-corrected chi connectivity index (χ4v) is 3.19. The molecule has 1 aliphatic heterocycles. The number of carbonyl (C=O) groups is 2. The van der Waals surface area contributed by atoms with E-state index < -0.39 is 0 Å². The van der Waals surface area contributed by atoms with Crippen molar-refractivity contribution in [3.05, 3.63) is 0 Å². The molecule has 1 saturated carbocycles. The molecule has 0 radical (unpaired) electrons. The standard InChI is InChI=1S/C12H19NO2S/c1-2-8(7-16)6-13-11(14)9-4-3-5-10(9)12(13)15/h8-10,16H,2-7H2,1H3. The first-order valence-electron chi connectivity index (χ1n) is 6.15. The second-order valence-corrected chi connectivity index (χ2v) is 5.25. The van der Waals surface area contributed by atoms with Crippen molar-refractivity contribution < 1.29 is 9.59 Å². The number of carbonyl (C=O) groups excluding carboxylic acids is 2. The average Bonchev–Trinajstić information content (AvgIpc) is 2.84. The first kappa shape index (κ1) is 12.0. The molecule has 2 rings (SSSR count). The van der Waals surface area contributed by atoms with Crippen LogP contribution in [0.4, 0.5) is 0 Å². The highest BCUT2D eigenvalue weighted by molar-refractivity contribution is 7.80. The molecule has 90 valence electrons. The van der Waals surface area contributed by atoms with Gasteiger partial charge >= 0.3 is 0 Å². The maximum atomic E-state index is 12.0. The molecular weight excluding hydrogens is 222 g/mol. The van der Waals surface area contributed by atoms with Crippen molar-refractivity contribution in [2.75, 3.05) is 12.3 Å². The lowest BCUT2D eigenvalue weighted by atomic mass is 10.00. The molecule has 1 saturated heterocycles. The van der Waals surface area contributed by atoms with E-state index in [1.165, 1.54) is 4.90 Å². The predicted molar refractivity (Wildman–Crippen MR) is 65.2 cm³/mol. The van der Waals surface area contributed by atoms with Crippen LogP contribution in [0.15, 0.2) is 0 Å². The van der Waals surface area contributed by atoms with Crippen LogP contribution >= 0.6 is 12.6 Å². The summed E-state index contributed by atoms with van der Waals surface area (Å²) in [5, 5.41) is 0. The fraction of sp³-hybridized carbons (Fsp3) is 0.833. The van der Waals surface area contributed by atoms with Crippen LogP contribution in [0.5, 0.6) is 0 Å². The Morgan fingerprint density at radius 1 is 1.31 bits per heavy atom. The fourth-order valence-electron chi connectivity index (χ4n) is 2.81. The lowest BCUT2D eigenvalue weighted by Gasteiger charge is -2.21. The normalized spacial score (nSPS) is 31.0. The Morgan fingerprint density at radius 2 is 1.88 bits per heavy atom. The first-order chi connectivity index (χ1) is 7.69. The van der Waals surface area contributed by atoms with Gasteiger partial charge in [0.15, 0.2) is 0 Å². The summed E-state index contributed by atoms with van der Waals surface area (Å²) in [5.74, 6) is 1.24. The molecule has 1 heterocycles. The van der Waals surface area contributed by atoms with E-state index in [-0.39, 0.29) is 23.7 Å². The van der Waals surface area contributed by atoms with Crippen molar-refractivity contribution in [1.29, 1.82) is 0 Å². The van der Waals surface area contributed by atoms with Gasteiger partial charge in [-0.15, -0.1) is 0 Å². The van der Waals surface area contributed by atoms with Crippen molar-refractivity contribution in [2.45, 2.75) is 32.6 Å². The minimum atomic E-state index is 0.00456. The summed E-state index contributed by atoms with van der Waals surface area (Å²) in [4.78, 5) is 25.6. The highest BCUT2D eigenvalue weighted by Crippen LogP contribution is 2.39. The number of likely N-dealkylation sites (tertiary alicyclic amines) is 1. The van der Waals surface area contributed by atoms with E-state index in [0.29, 0.717) is 12.5 Å². The van der Waals surface area contributed by atoms with Crippen LogP contribution in [0, 0.1) is 17.8 Å². The van der Waals surface area contributed by atoms with E-state index in [2.05, 4.69) is 19.6 Å². The third-order valence-corrected chi connectivity index (χ3v) is 4.48. The van der Waals surface area contributed by atoms with Gasteiger partial charge in [-0.2, -0.15) is 12.6 Å². The van der Waals surface area contributed by atoms with Gasteiger partial charge in [0.05, 0.1) is 11.8 Å². The second kappa shape index (κ2) is 4.78. The van der Waals surface area contributed by atoms with Crippen LogP contribution in [0.25, 0.3) is 0 Å². The summed E-state index contributed by atoms with van der Waals surface area (Å²) in [5.41, 5.74) is 0. The average molecular weight is 241 g/mol. The summed E-state index contributed by atoms with van der Waals surface area (Å²) < 4.78 is 0. The molecule has 0 N–H and O–H groups in total. The van der Waals surface area contributed by atoms with E-state index in [9.17, 15) is 9.59 Å². The topological polar surface area (TPSA) is 37.4 Å². The summed E-state index contributed by atoms with van der Waals surface area (Å²) in [6.07, 6.45) is 3.81. The van der Waals surface area contributed by atoms with E-state index in [0.717, 1.165) is 31.4 Å². The molecule has 3 unspecified atom stereocenters. The zero-order valence-electron chi connectivity index (χ0n) is 9.69. The van der Waals surface area contributed by atoms with Crippen LogP contribution in [0.2, 0.25) is 0 Å². The van der Waals surface area contributed by atoms with Crippen molar-refractivity contribution >= 4 is 24.4 Å². The highest BCUT2D eigenvalue weighted by Gasteiger charge is 2.49. The predicted octanol–water partition coefficient (Wildman–Crippen LogP) is 1.73. The van der Waals surface area contributed by atoms with Crippen molar-refractivity contribution in [2.24, 2.45) is 17.8 Å². The van der Waals surface area contributed by atoms with E-state index in [1.807, 2.05) is 0 Å². The van der Waals surface area contributed by atoms with Crippen molar-refractivity contribution in [3.63, 3.8) is 0 Å². The van der Waals surface area contributed by atoms with Crippen LogP contribution in [-0.2, 0) is 9.59 Å². The van der Waals surface area contributed by atoms with Gasteiger partial charge in [-0.05, 0) is 24.5 Å². The third kappa shape index (κ3) is 1.88. The number of thiol groups is 1. The van der Waals surface area contributed by atoms with Gasteiger partial charge in [-0.25, -0.2) is 0 Å². The van der Waals surface area contributed by atoms with E-state index >= 15 is 0 Å². The van der Waals surface area contributed by atoms with Crippen molar-refractivity contribution in [1.82, 2.24) is 4.90 Å². The molecule has 0 aromatic heterocycles. The zero-order chi connectivity index (χ0) is 11.7. The van der Waals surface area contributed by atoms with Crippen LogP contribution in [-0.4, -0.2) is 29.0 Å². The molecule has 0 bridgehead atoms. The maximum Gasteiger partial charge on any atom is 0.233 e. The lowest BCUT2D eigenvalue weighted by molar-refractivity contribution is -0.140. The molecule has 2 aliphatic rings. The molecule has 3 atom stereocenters. The monoisotopic (exact) mass is 241 g/mol. The van der Waals surface area contributed by atoms with E-state index in [1.54, 1.807) is 0 Å². The Morgan fingerprint density at radius 3 is 2.31 bits per heavy atom. The molecule has 2 fully saturated rings. The SMILES string of the molecule is CCC(CS)CN1C(=O)C2CCCC2C1=O. The van der Waals surface area contributed by atoms with Gasteiger partial charge in [-0.3, -0.25) is 14.5 Å². The molecule has 0 aromatic rings. The minimum absolute atomic E-state index is 0.00456. The van der Waals surface area contributed by atoms with Gasteiger partial charge < -0.3 is 0 Å². The Hall–Kier alpha value is -0.510. The summed E-state index contributed by atoms with van der Waals surface area (Å²) in [6, 6.07) is 0. The lowest BCUT2D eigenvalue weighted by Crippen LogP contribution is -2.36. The number of nitrogens with zero attached hydrogens (tertiary/aromatic N) is 1. The largest absolute Gasteiger partial charge is 0.282 e. The molecular formula is C12H19NO2S. The van der Waals surface area contributed by atoms with Crippen LogP contribution < -0.4 is 0 Å². The number of hydrogen-bond donors (Lipinski definition) is 1. The molecule has 3 nitrogen and oxygen atoms in total. The zero-order valence-corrected chi connectivity index (χ0v) is 10.6. The highest BCUT2D eigenvalue weighted by atomic mass is 32.1. The first-order valence-corrected chi connectivity index (χ1v) is 6.78. The summed E-state index contributed by atoms with van der Waals surface area (Å²) in [7, 11) is 0. The van der Waals surface area contributed by atoms with Gasteiger partial charge in [0.25, 0.3) is 0 Å². The van der Waals surface area contributed by atoms with Gasteiger partial charge in [-0.1, -0.05) is 19.8 Å². The molecule has 16 heavy (non-hydrogen) atoms. The second-order valence-electron chi connectivity index (χ2n) is 4.89. The summed E-state index contributed by atoms with van der Waals surface area (Å²) in [6.45, 7) is 2.65. The number of amides is 2. The Kier molecular flexibility index (Phi) is 3.57. The molecule has 1 aliphatic carbocycles. The molecule has 4 heteroatoms. The molecule has 0 aromatic carbocycles. The Balaban J connectivity index is 2.06. The molecule has 0 spiro atoms. The van der Waals surface area contributed by atoms with Crippen molar-refractivity contribution in [3.8, 4) is 0 Å². The van der Waals surface area contributed by atoms with Gasteiger partial charge in [0.2, 0.25) is 11.8 Å². The van der Waals surface area contributed by atoms with E-state index in [4.69, 9.17) is 0 Å². The maximum absolute atomic E-state index is 12.0.